The molecule has 8 nitrogen and oxygen atoms in total. The van der Waals surface area contributed by atoms with E-state index in [1.54, 1.807) is 0 Å². The number of carbonyl (C=O) groups excluding carboxylic acids is 1. The minimum Gasteiger partial charge on any atom is -0.493 e. The Balaban J connectivity index is 1.12. The van der Waals surface area contributed by atoms with E-state index in [1.165, 1.54) is 29.4 Å². The van der Waals surface area contributed by atoms with Crippen LogP contribution in [0.4, 0.5) is 0 Å². The van der Waals surface area contributed by atoms with Crippen molar-refractivity contribution in [2.75, 3.05) is 25.2 Å². The van der Waals surface area contributed by atoms with Crippen LogP contribution in [0, 0.1) is 12.8 Å². The molecule has 9 heteroatoms. The summed E-state index contributed by atoms with van der Waals surface area (Å²) in [7, 11) is -0.982. The molecule has 0 spiro atoms. The fraction of sp³-hybridized carbons (Fsp3) is 0.389. The second-order valence-electron chi connectivity index (χ2n) is 12.2. The van der Waals surface area contributed by atoms with Crippen LogP contribution in [0.25, 0.3) is 11.1 Å². The monoisotopic (exact) mass is 631 g/mol. The molecule has 6 rings (SSSR count). The number of nitrogens with zero attached hydrogens (tertiary/aromatic N) is 1. The molecule has 0 saturated carbocycles. The molecule has 1 aromatic heterocycles. The summed E-state index contributed by atoms with van der Waals surface area (Å²) in [6, 6.07) is 22.6. The average Bonchev–Trinajstić information content (AvgIpc) is 3.39. The van der Waals surface area contributed by atoms with Crippen molar-refractivity contribution in [3.63, 3.8) is 0 Å². The first-order valence-electron chi connectivity index (χ1n) is 15.6. The lowest BCUT2D eigenvalue weighted by molar-refractivity contribution is -0.140. The van der Waals surface area contributed by atoms with Gasteiger partial charge in [-0.05, 0) is 109 Å². The lowest BCUT2D eigenvalue weighted by atomic mass is 9.92. The molecule has 1 saturated heterocycles. The third-order valence-electron chi connectivity index (χ3n) is 8.91. The van der Waals surface area contributed by atoms with Crippen molar-refractivity contribution < 1.29 is 32.6 Å². The van der Waals surface area contributed by atoms with E-state index >= 15 is 0 Å². The molecule has 2 heterocycles. The molecule has 45 heavy (non-hydrogen) atoms. The molecule has 3 aromatic carbocycles. The minimum absolute atomic E-state index is 0.171. The van der Waals surface area contributed by atoms with Gasteiger partial charge in [0, 0.05) is 23.5 Å². The first-order chi connectivity index (χ1) is 21.8. The second-order valence-corrected chi connectivity index (χ2v) is 14.6. The van der Waals surface area contributed by atoms with E-state index in [0.29, 0.717) is 42.1 Å². The van der Waals surface area contributed by atoms with Crippen molar-refractivity contribution in [3.8, 4) is 22.6 Å². The Morgan fingerprint density at radius 3 is 2.42 bits per heavy atom. The number of hydrogen-bond acceptors (Lipinski definition) is 8. The summed E-state index contributed by atoms with van der Waals surface area (Å²) < 4.78 is 42.4. The highest BCUT2D eigenvalue weighted by molar-refractivity contribution is 8.24. The lowest BCUT2D eigenvalue weighted by Gasteiger charge is -2.39. The molecule has 1 atom stereocenters. The molecule has 2 N–H and O–H groups in total. The molecule has 0 amide bonds. The fourth-order valence-electron chi connectivity index (χ4n) is 6.27. The van der Waals surface area contributed by atoms with Crippen LogP contribution < -0.4 is 9.47 Å². The van der Waals surface area contributed by atoms with Gasteiger partial charge < -0.3 is 18.7 Å². The van der Waals surface area contributed by atoms with Gasteiger partial charge in [-0.1, -0.05) is 35.5 Å². The highest BCUT2D eigenvalue weighted by Crippen LogP contribution is 2.45. The third-order valence-corrected chi connectivity index (χ3v) is 10.7. The van der Waals surface area contributed by atoms with Gasteiger partial charge in [-0.15, -0.1) is 0 Å². The summed E-state index contributed by atoms with van der Waals surface area (Å²) in [5, 5.41) is 4.14. The third kappa shape index (κ3) is 7.72. The molecular formula is C36H41NO7S. The Morgan fingerprint density at radius 1 is 0.933 bits per heavy atom. The van der Waals surface area contributed by atoms with Crippen LogP contribution in [0.2, 0.25) is 0 Å². The molecule has 1 aliphatic carbocycles. The number of benzene rings is 3. The number of esters is 1. The summed E-state index contributed by atoms with van der Waals surface area (Å²) in [4.78, 5) is 12.1. The topological polar surface area (TPSA) is 111 Å². The first kappa shape index (κ1) is 31.2. The normalized spacial score (nSPS) is 17.3. The summed E-state index contributed by atoms with van der Waals surface area (Å²) >= 11 is 0. The molecule has 1 aliphatic heterocycles. The highest BCUT2D eigenvalue weighted by Gasteiger charge is 2.25. The SMILES string of the molecule is COC(=O)CC(c1ccc(OCc2ccc3c(c2)-c2ccc(OCC4CCS(O)(O)CC4)cc2CCC3)cc1)c1cc(C)on1. The Kier molecular flexibility index (Phi) is 9.49. The predicted octanol–water partition coefficient (Wildman–Crippen LogP) is 7.95. The van der Waals surface area contributed by atoms with Gasteiger partial charge in [0.1, 0.15) is 23.9 Å². The van der Waals surface area contributed by atoms with Gasteiger partial charge >= 0.3 is 5.97 Å². The fourth-order valence-corrected chi connectivity index (χ4v) is 7.90. The molecule has 0 radical (unpaired) electrons. The van der Waals surface area contributed by atoms with Crippen molar-refractivity contribution in [2.45, 2.75) is 58.0 Å². The molecule has 1 unspecified atom stereocenters. The van der Waals surface area contributed by atoms with Crippen molar-refractivity contribution in [3.05, 3.63) is 100 Å². The highest BCUT2D eigenvalue weighted by atomic mass is 32.3. The van der Waals surface area contributed by atoms with E-state index in [9.17, 15) is 13.9 Å². The standard InChI is InChI=1S/C36H41NO7S/c1-24-18-35(37-44-24)34(21-36(38)41-2)28-8-10-30(11-9-28)42-23-26-6-7-27-4-3-5-29-20-31(12-13-32(29)33(27)19-26)43-22-25-14-16-45(39,40)17-15-25/h6-13,18-20,25,34,39-40H,3-5,14-17,21-23H2,1-2H3. The first-order valence-corrected chi connectivity index (χ1v) is 17.5. The van der Waals surface area contributed by atoms with Crippen LogP contribution in [0.3, 0.4) is 0 Å². The molecule has 238 valence electrons. The van der Waals surface area contributed by atoms with Crippen LogP contribution in [-0.2, 0) is 29.0 Å². The lowest BCUT2D eigenvalue weighted by Crippen LogP contribution is -2.24. The van der Waals surface area contributed by atoms with Crippen LogP contribution in [0.1, 0.15) is 65.3 Å². The van der Waals surface area contributed by atoms with Crippen LogP contribution in [-0.4, -0.2) is 45.5 Å². The van der Waals surface area contributed by atoms with Gasteiger partial charge in [0.15, 0.2) is 0 Å². The molecule has 4 aromatic rings. The maximum Gasteiger partial charge on any atom is 0.306 e. The van der Waals surface area contributed by atoms with Crippen molar-refractivity contribution in [1.29, 1.82) is 0 Å². The van der Waals surface area contributed by atoms with Gasteiger partial charge in [0.05, 0.1) is 25.8 Å². The Morgan fingerprint density at radius 2 is 1.69 bits per heavy atom. The maximum absolute atomic E-state index is 12.1. The zero-order valence-electron chi connectivity index (χ0n) is 25.9. The Bertz CT molecular complexity index is 1620. The van der Waals surface area contributed by atoms with Gasteiger partial charge in [0.25, 0.3) is 0 Å². The van der Waals surface area contributed by atoms with E-state index < -0.39 is 10.6 Å². The maximum atomic E-state index is 12.1. The van der Waals surface area contributed by atoms with Crippen molar-refractivity contribution in [2.24, 2.45) is 5.92 Å². The minimum atomic E-state index is -2.37. The van der Waals surface area contributed by atoms with Gasteiger partial charge in [-0.25, -0.2) is 0 Å². The predicted molar refractivity (Wildman–Crippen MR) is 175 cm³/mol. The summed E-state index contributed by atoms with van der Waals surface area (Å²) in [6.45, 7) is 2.87. The van der Waals surface area contributed by atoms with Crippen LogP contribution in [0.15, 0.2) is 71.3 Å². The Hall–Kier alpha value is -3.79. The number of fused-ring (bicyclic) bond motifs is 3. The number of aryl methyl sites for hydroxylation is 3. The smallest absolute Gasteiger partial charge is 0.306 e. The molecular weight excluding hydrogens is 590 g/mol. The van der Waals surface area contributed by atoms with E-state index in [0.717, 1.165) is 54.7 Å². The second kappa shape index (κ2) is 13.7. The van der Waals surface area contributed by atoms with E-state index in [2.05, 4.69) is 41.6 Å². The number of hydrogen-bond donors (Lipinski definition) is 2. The Labute approximate surface area is 266 Å². The molecule has 1 fully saturated rings. The zero-order chi connectivity index (χ0) is 31.4. The van der Waals surface area contributed by atoms with E-state index in [-0.39, 0.29) is 18.3 Å². The number of carbonyl (C=O) groups is 1. The molecule has 0 bridgehead atoms. The number of rotatable bonds is 10. The summed E-state index contributed by atoms with van der Waals surface area (Å²) in [5.41, 5.74) is 7.85. The summed E-state index contributed by atoms with van der Waals surface area (Å²) in [6.07, 6.45) is 4.87. The largest absolute Gasteiger partial charge is 0.493 e. The van der Waals surface area contributed by atoms with E-state index in [4.69, 9.17) is 18.7 Å². The van der Waals surface area contributed by atoms with Crippen molar-refractivity contribution >= 4 is 16.6 Å². The quantitative estimate of drug-likeness (QED) is 0.170. The average molecular weight is 632 g/mol. The number of aromatic nitrogens is 1. The van der Waals surface area contributed by atoms with Crippen molar-refractivity contribution in [1.82, 2.24) is 5.16 Å². The van der Waals surface area contributed by atoms with Crippen LogP contribution in [0.5, 0.6) is 11.5 Å². The molecule has 2 aliphatic rings. The van der Waals surface area contributed by atoms with Crippen LogP contribution >= 0.6 is 10.6 Å². The van der Waals surface area contributed by atoms with Gasteiger partial charge in [-0.3, -0.25) is 13.9 Å². The summed E-state index contributed by atoms with van der Waals surface area (Å²) in [5.74, 6) is 3.07. The number of methoxy groups -OCH3 is 1. The van der Waals surface area contributed by atoms with E-state index in [1.807, 2.05) is 37.3 Å². The van der Waals surface area contributed by atoms with Gasteiger partial charge in [0.2, 0.25) is 0 Å². The van der Waals surface area contributed by atoms with Gasteiger partial charge in [-0.2, -0.15) is 10.6 Å². The number of ether oxygens (including phenoxy) is 3. The zero-order valence-corrected chi connectivity index (χ0v) is 26.7.